The highest BCUT2D eigenvalue weighted by atomic mass is 16.5. The highest BCUT2D eigenvalue weighted by molar-refractivity contribution is 5.84. The molecule has 0 saturated carbocycles. The van der Waals surface area contributed by atoms with Gasteiger partial charge in [0, 0.05) is 0 Å². The van der Waals surface area contributed by atoms with Gasteiger partial charge in [0.25, 0.3) is 5.91 Å². The first-order valence-corrected chi connectivity index (χ1v) is 10.2. The number of rotatable bonds is 8. The molecule has 0 radical (unpaired) electrons. The predicted molar refractivity (Wildman–Crippen MR) is 118 cm³/mol. The van der Waals surface area contributed by atoms with Crippen LogP contribution in [-0.2, 0) is 4.79 Å². The van der Waals surface area contributed by atoms with Gasteiger partial charge in [0.05, 0.1) is 13.2 Å². The average Bonchev–Trinajstić information content (AvgIpc) is 2.75. The van der Waals surface area contributed by atoms with Gasteiger partial charge in [-0.1, -0.05) is 56.3 Å². The van der Waals surface area contributed by atoms with Crippen molar-refractivity contribution in [2.75, 3.05) is 7.11 Å². The third kappa shape index (κ3) is 4.89. The molecule has 0 bridgehead atoms. The number of benzene rings is 3. The average molecular weight is 392 g/mol. The van der Waals surface area contributed by atoms with Crippen LogP contribution in [0.25, 0.3) is 10.8 Å². The van der Waals surface area contributed by atoms with E-state index in [0.717, 1.165) is 34.1 Å². The molecule has 0 aliphatic heterocycles. The molecule has 0 aliphatic carbocycles. The van der Waals surface area contributed by atoms with Crippen molar-refractivity contribution in [1.82, 2.24) is 5.32 Å². The second-order valence-electron chi connectivity index (χ2n) is 7.22. The van der Waals surface area contributed by atoms with E-state index in [2.05, 4.69) is 24.4 Å². The van der Waals surface area contributed by atoms with E-state index in [1.807, 2.05) is 62.4 Å². The van der Waals surface area contributed by atoms with Crippen molar-refractivity contribution in [3.05, 3.63) is 71.8 Å². The highest BCUT2D eigenvalue weighted by Gasteiger charge is 2.22. The summed E-state index contributed by atoms with van der Waals surface area (Å²) in [6, 6.07) is 20.0. The first kappa shape index (κ1) is 20.7. The van der Waals surface area contributed by atoms with Gasteiger partial charge >= 0.3 is 0 Å². The van der Waals surface area contributed by atoms with Crippen LogP contribution < -0.4 is 14.8 Å². The molecule has 0 unspecified atom stereocenters. The molecule has 0 aliphatic rings. The van der Waals surface area contributed by atoms with E-state index >= 15 is 0 Å². The Morgan fingerprint density at radius 3 is 2.38 bits per heavy atom. The minimum atomic E-state index is -0.537. The molecule has 0 spiro atoms. The Bertz CT molecular complexity index is 983. The van der Waals surface area contributed by atoms with Crippen molar-refractivity contribution in [3.8, 4) is 11.5 Å². The molecule has 0 heterocycles. The van der Waals surface area contributed by atoms with Crippen LogP contribution in [-0.4, -0.2) is 19.1 Å². The Labute approximate surface area is 172 Å². The number of hydrogen-bond acceptors (Lipinski definition) is 3. The van der Waals surface area contributed by atoms with Crippen molar-refractivity contribution in [2.45, 2.75) is 45.8 Å². The summed E-state index contributed by atoms with van der Waals surface area (Å²) < 4.78 is 11.4. The molecular formula is C25H29NO3. The SMILES string of the molecule is CC[C@H](Oc1ccc2ccccc2c1)C(=O)N[C@@H](CC)c1ccc(OC)c(C)c1. The zero-order valence-electron chi connectivity index (χ0n) is 17.6. The Balaban J connectivity index is 1.72. The summed E-state index contributed by atoms with van der Waals surface area (Å²) in [4.78, 5) is 12.9. The number of aryl methyl sites for hydroxylation is 1. The minimum absolute atomic E-state index is 0.0682. The van der Waals surface area contributed by atoms with Crippen LogP contribution in [0.3, 0.4) is 0 Å². The highest BCUT2D eigenvalue weighted by Crippen LogP contribution is 2.25. The number of carbonyl (C=O) groups excluding carboxylic acids is 1. The Hall–Kier alpha value is -3.01. The lowest BCUT2D eigenvalue weighted by Crippen LogP contribution is -2.40. The fourth-order valence-electron chi connectivity index (χ4n) is 3.53. The van der Waals surface area contributed by atoms with Crippen LogP contribution in [0, 0.1) is 6.92 Å². The van der Waals surface area contributed by atoms with Gasteiger partial charge in [0.2, 0.25) is 0 Å². The minimum Gasteiger partial charge on any atom is -0.496 e. The van der Waals surface area contributed by atoms with E-state index in [1.165, 1.54) is 0 Å². The first-order chi connectivity index (χ1) is 14.0. The molecule has 29 heavy (non-hydrogen) atoms. The van der Waals surface area contributed by atoms with Crippen LogP contribution >= 0.6 is 0 Å². The molecule has 0 saturated heterocycles. The molecular weight excluding hydrogens is 362 g/mol. The molecule has 3 aromatic carbocycles. The van der Waals surface area contributed by atoms with Crippen molar-refractivity contribution in [3.63, 3.8) is 0 Å². The zero-order valence-corrected chi connectivity index (χ0v) is 17.6. The van der Waals surface area contributed by atoms with Crippen molar-refractivity contribution < 1.29 is 14.3 Å². The molecule has 3 rings (SSSR count). The van der Waals surface area contributed by atoms with E-state index in [9.17, 15) is 4.79 Å². The number of hydrogen-bond donors (Lipinski definition) is 1. The molecule has 1 amide bonds. The number of nitrogens with one attached hydrogen (secondary N) is 1. The van der Waals surface area contributed by atoms with Gasteiger partial charge in [-0.25, -0.2) is 0 Å². The maximum absolute atomic E-state index is 12.9. The maximum Gasteiger partial charge on any atom is 0.261 e. The number of ether oxygens (including phenoxy) is 2. The lowest BCUT2D eigenvalue weighted by atomic mass is 10.0. The summed E-state index contributed by atoms with van der Waals surface area (Å²) in [5.74, 6) is 1.46. The quantitative estimate of drug-likeness (QED) is 0.545. The van der Waals surface area contributed by atoms with Gasteiger partial charge in [0.1, 0.15) is 11.5 Å². The predicted octanol–water partition coefficient (Wildman–Crippen LogP) is 5.58. The van der Waals surface area contributed by atoms with Crippen molar-refractivity contribution >= 4 is 16.7 Å². The van der Waals surface area contributed by atoms with E-state index in [1.54, 1.807) is 7.11 Å². The molecule has 3 aromatic rings. The number of carbonyl (C=O) groups is 1. The van der Waals surface area contributed by atoms with Gasteiger partial charge in [-0.15, -0.1) is 0 Å². The summed E-state index contributed by atoms with van der Waals surface area (Å²) in [6.07, 6.45) is 0.852. The number of fused-ring (bicyclic) bond motifs is 1. The maximum atomic E-state index is 12.9. The summed E-state index contributed by atoms with van der Waals surface area (Å²) in [6.45, 7) is 6.04. The fraction of sp³-hybridized carbons (Fsp3) is 0.320. The zero-order chi connectivity index (χ0) is 20.8. The lowest BCUT2D eigenvalue weighted by Gasteiger charge is -2.23. The van der Waals surface area contributed by atoms with E-state index in [-0.39, 0.29) is 11.9 Å². The van der Waals surface area contributed by atoms with Gasteiger partial charge in [-0.3, -0.25) is 4.79 Å². The van der Waals surface area contributed by atoms with Crippen LogP contribution in [0.4, 0.5) is 0 Å². The Kier molecular flexibility index (Phi) is 6.76. The third-order valence-corrected chi connectivity index (χ3v) is 5.21. The standard InChI is InChI=1S/C25H29NO3/c1-5-22(20-12-14-24(28-4)17(3)15-20)26-25(27)23(6-2)29-21-13-11-18-9-7-8-10-19(18)16-21/h7-16,22-23H,5-6H2,1-4H3,(H,26,27)/t22-,23-/m0/s1. The molecule has 0 fully saturated rings. The third-order valence-electron chi connectivity index (χ3n) is 5.21. The van der Waals surface area contributed by atoms with Crippen molar-refractivity contribution in [1.29, 1.82) is 0 Å². The van der Waals surface area contributed by atoms with Gasteiger partial charge in [-0.2, -0.15) is 0 Å². The topological polar surface area (TPSA) is 47.6 Å². The fourth-order valence-corrected chi connectivity index (χ4v) is 3.53. The Morgan fingerprint density at radius 1 is 0.966 bits per heavy atom. The summed E-state index contributed by atoms with van der Waals surface area (Å²) >= 11 is 0. The number of amides is 1. The normalized spacial score (nSPS) is 13.0. The molecule has 4 heteroatoms. The lowest BCUT2D eigenvalue weighted by molar-refractivity contribution is -0.128. The molecule has 152 valence electrons. The summed E-state index contributed by atoms with van der Waals surface area (Å²) in [5, 5.41) is 5.40. The monoisotopic (exact) mass is 391 g/mol. The van der Waals surface area contributed by atoms with E-state index < -0.39 is 6.10 Å². The molecule has 2 atom stereocenters. The molecule has 1 N–H and O–H groups in total. The molecule has 4 nitrogen and oxygen atoms in total. The van der Waals surface area contributed by atoms with Crippen molar-refractivity contribution in [2.24, 2.45) is 0 Å². The Morgan fingerprint density at radius 2 is 1.72 bits per heavy atom. The largest absolute Gasteiger partial charge is 0.496 e. The van der Waals surface area contributed by atoms with Crippen LogP contribution in [0.2, 0.25) is 0 Å². The van der Waals surface area contributed by atoms with Crippen LogP contribution in [0.5, 0.6) is 11.5 Å². The van der Waals surface area contributed by atoms with Gasteiger partial charge in [-0.05, 0) is 59.9 Å². The van der Waals surface area contributed by atoms with Crippen LogP contribution in [0.15, 0.2) is 60.7 Å². The van der Waals surface area contributed by atoms with E-state index in [4.69, 9.17) is 9.47 Å². The second-order valence-corrected chi connectivity index (χ2v) is 7.22. The second kappa shape index (κ2) is 9.46. The van der Waals surface area contributed by atoms with Crippen LogP contribution in [0.1, 0.15) is 43.9 Å². The summed E-state index contributed by atoms with van der Waals surface area (Å²) in [7, 11) is 1.66. The summed E-state index contributed by atoms with van der Waals surface area (Å²) in [5.41, 5.74) is 2.12. The first-order valence-electron chi connectivity index (χ1n) is 10.2. The van der Waals surface area contributed by atoms with Gasteiger partial charge in [0.15, 0.2) is 6.10 Å². The van der Waals surface area contributed by atoms with E-state index in [0.29, 0.717) is 12.2 Å². The van der Waals surface area contributed by atoms with Gasteiger partial charge < -0.3 is 14.8 Å². The molecule has 0 aromatic heterocycles. The smallest absolute Gasteiger partial charge is 0.261 e. The number of methoxy groups -OCH3 is 1.